The molecular weight excluding hydrogens is 476 g/mol. The third-order valence-corrected chi connectivity index (χ3v) is 7.53. The second-order valence-electron chi connectivity index (χ2n) is 8.18. The van der Waals surface area contributed by atoms with Gasteiger partial charge in [-0.15, -0.1) is 0 Å². The Morgan fingerprint density at radius 3 is 2.44 bits per heavy atom. The number of carboxylic acids is 1. The summed E-state index contributed by atoms with van der Waals surface area (Å²) in [6.07, 6.45) is 4.98. The maximum atomic E-state index is 13.9. The molecule has 180 valence electrons. The molecule has 2 aromatic heterocycles. The highest BCUT2D eigenvalue weighted by atomic mass is 32.2. The molecule has 36 heavy (non-hydrogen) atoms. The minimum absolute atomic E-state index is 0.00636. The summed E-state index contributed by atoms with van der Waals surface area (Å²) in [5.41, 5.74) is 2.82. The van der Waals surface area contributed by atoms with Gasteiger partial charge in [-0.1, -0.05) is 42.5 Å². The number of aryl methyl sites for hydroxylation is 1. The highest BCUT2D eigenvalue weighted by Gasteiger charge is 2.25. The molecule has 0 aliphatic rings. The van der Waals surface area contributed by atoms with Gasteiger partial charge in [-0.25, -0.2) is 12.4 Å². The summed E-state index contributed by atoms with van der Waals surface area (Å²) in [6.45, 7) is 0. The van der Waals surface area contributed by atoms with Crippen molar-refractivity contribution in [2.75, 3.05) is 0 Å². The van der Waals surface area contributed by atoms with Crippen molar-refractivity contribution in [1.82, 2.24) is 8.96 Å². The number of carboxylic acid groups (broad SMARTS) is 1. The molecule has 5 aromatic rings. The van der Waals surface area contributed by atoms with E-state index in [2.05, 4.69) is 4.98 Å². The van der Waals surface area contributed by atoms with Gasteiger partial charge < -0.3 is 9.84 Å². The van der Waals surface area contributed by atoms with Crippen molar-refractivity contribution < 1.29 is 23.1 Å². The zero-order valence-corrected chi connectivity index (χ0v) is 19.9. The van der Waals surface area contributed by atoms with Crippen LogP contribution in [0.1, 0.15) is 12.0 Å². The zero-order valence-electron chi connectivity index (χ0n) is 19.1. The quantitative estimate of drug-likeness (QED) is 0.293. The van der Waals surface area contributed by atoms with Gasteiger partial charge in [-0.05, 0) is 60.0 Å². The van der Waals surface area contributed by atoms with Gasteiger partial charge in [0.05, 0.1) is 5.52 Å². The molecule has 0 unspecified atom stereocenters. The zero-order chi connectivity index (χ0) is 25.1. The number of ether oxygens (including phenoxy) is 1. The third-order valence-electron chi connectivity index (χ3n) is 5.81. The molecule has 0 aliphatic heterocycles. The number of aromatic nitrogens is 2. The molecule has 2 heterocycles. The maximum absolute atomic E-state index is 13.9. The largest absolute Gasteiger partial charge is 0.481 e. The van der Waals surface area contributed by atoms with E-state index in [4.69, 9.17) is 4.74 Å². The number of fused-ring (bicyclic) bond motifs is 1. The second kappa shape index (κ2) is 9.67. The van der Waals surface area contributed by atoms with Crippen LogP contribution in [0.25, 0.3) is 22.0 Å². The van der Waals surface area contributed by atoms with Crippen molar-refractivity contribution in [2.24, 2.45) is 0 Å². The molecule has 5 rings (SSSR count). The third kappa shape index (κ3) is 4.58. The van der Waals surface area contributed by atoms with Crippen LogP contribution in [-0.4, -0.2) is 28.5 Å². The Morgan fingerprint density at radius 1 is 0.917 bits per heavy atom. The molecule has 0 saturated heterocycles. The monoisotopic (exact) mass is 498 g/mol. The molecule has 0 atom stereocenters. The van der Waals surface area contributed by atoms with Crippen molar-refractivity contribution in [3.63, 3.8) is 0 Å². The van der Waals surface area contributed by atoms with Gasteiger partial charge in [0.25, 0.3) is 10.0 Å². The highest BCUT2D eigenvalue weighted by Crippen LogP contribution is 2.34. The van der Waals surface area contributed by atoms with E-state index in [1.54, 1.807) is 60.9 Å². The predicted octanol–water partition coefficient (Wildman–Crippen LogP) is 5.75. The lowest BCUT2D eigenvalue weighted by molar-refractivity contribution is -0.136. The molecule has 7 nitrogen and oxygen atoms in total. The molecule has 0 spiro atoms. The van der Waals surface area contributed by atoms with Crippen LogP contribution >= 0.6 is 0 Å². The molecule has 0 saturated carbocycles. The van der Waals surface area contributed by atoms with Crippen molar-refractivity contribution in [1.29, 1.82) is 0 Å². The SMILES string of the molecule is O=C(O)CCc1cn(S(=O)(=O)c2ccccc2Oc2ccccc2)c2ccc(-c3cccnc3)cc12. The maximum Gasteiger partial charge on any atom is 0.303 e. The lowest BCUT2D eigenvalue weighted by Gasteiger charge is -2.13. The molecule has 0 amide bonds. The Bertz CT molecular complexity index is 1650. The van der Waals surface area contributed by atoms with Crippen molar-refractivity contribution >= 4 is 26.9 Å². The van der Waals surface area contributed by atoms with E-state index in [1.807, 2.05) is 30.3 Å². The average molecular weight is 499 g/mol. The molecule has 0 radical (unpaired) electrons. The van der Waals surface area contributed by atoms with Gasteiger partial charge in [-0.2, -0.15) is 0 Å². The van der Waals surface area contributed by atoms with Crippen LogP contribution < -0.4 is 4.74 Å². The number of aliphatic carboxylic acids is 1. The van der Waals surface area contributed by atoms with Crippen LogP contribution in [0.4, 0.5) is 0 Å². The van der Waals surface area contributed by atoms with Crippen molar-refractivity contribution in [3.05, 3.63) is 109 Å². The first-order valence-corrected chi connectivity index (χ1v) is 12.7. The number of pyridine rings is 1. The van der Waals surface area contributed by atoms with E-state index in [-0.39, 0.29) is 23.5 Å². The summed E-state index contributed by atoms with van der Waals surface area (Å²) in [5.74, 6) is -0.242. The number of nitrogens with zero attached hydrogens (tertiary/aromatic N) is 2. The Kier molecular flexibility index (Phi) is 6.26. The molecule has 0 bridgehead atoms. The van der Waals surface area contributed by atoms with Gasteiger partial charge in [0.15, 0.2) is 0 Å². The van der Waals surface area contributed by atoms with Crippen molar-refractivity contribution in [2.45, 2.75) is 17.7 Å². The Morgan fingerprint density at radius 2 is 1.69 bits per heavy atom. The summed E-state index contributed by atoms with van der Waals surface area (Å²) < 4.78 is 35.0. The number of rotatable bonds is 8. The van der Waals surface area contributed by atoms with Crippen LogP contribution in [-0.2, 0) is 21.2 Å². The number of benzene rings is 3. The van der Waals surface area contributed by atoms with Crippen LogP contribution in [0, 0.1) is 0 Å². The summed E-state index contributed by atoms with van der Waals surface area (Å²) >= 11 is 0. The molecular formula is C28H22N2O5S. The summed E-state index contributed by atoms with van der Waals surface area (Å²) in [6, 6.07) is 24.6. The van der Waals surface area contributed by atoms with E-state index in [9.17, 15) is 18.3 Å². The minimum Gasteiger partial charge on any atom is -0.481 e. The molecule has 1 N–H and O–H groups in total. The van der Waals surface area contributed by atoms with E-state index in [1.165, 1.54) is 16.2 Å². The number of hydrogen-bond acceptors (Lipinski definition) is 5. The number of carbonyl (C=O) groups is 1. The van der Waals surface area contributed by atoms with E-state index >= 15 is 0 Å². The van der Waals surface area contributed by atoms with Crippen LogP contribution in [0.5, 0.6) is 11.5 Å². The van der Waals surface area contributed by atoms with Crippen LogP contribution in [0.3, 0.4) is 0 Å². The van der Waals surface area contributed by atoms with Gasteiger partial charge >= 0.3 is 5.97 Å². The topological polar surface area (TPSA) is 98.5 Å². The van der Waals surface area contributed by atoms with E-state index in [0.29, 0.717) is 22.2 Å². The first-order chi connectivity index (χ1) is 17.4. The summed E-state index contributed by atoms with van der Waals surface area (Å²) in [7, 11) is -4.08. The summed E-state index contributed by atoms with van der Waals surface area (Å²) in [4.78, 5) is 15.5. The predicted molar refractivity (Wildman–Crippen MR) is 137 cm³/mol. The Balaban J connectivity index is 1.64. The standard InChI is InChI=1S/C28H22N2O5S/c31-28(32)15-13-22-19-30(25-14-12-20(17-24(22)25)21-7-6-16-29-18-21)36(33,34)27-11-5-4-10-26(27)35-23-8-2-1-3-9-23/h1-12,14,16-19H,13,15H2,(H,31,32). The smallest absolute Gasteiger partial charge is 0.303 e. The highest BCUT2D eigenvalue weighted by molar-refractivity contribution is 7.90. The Labute approximate surface area is 208 Å². The molecule has 0 fully saturated rings. The fourth-order valence-electron chi connectivity index (χ4n) is 4.09. The van der Waals surface area contributed by atoms with Crippen LogP contribution in [0.2, 0.25) is 0 Å². The Hall–Kier alpha value is -4.43. The minimum atomic E-state index is -4.08. The lowest BCUT2D eigenvalue weighted by atomic mass is 10.0. The van der Waals surface area contributed by atoms with Gasteiger partial charge in [0.1, 0.15) is 16.4 Å². The fourth-order valence-corrected chi connectivity index (χ4v) is 5.60. The first kappa shape index (κ1) is 23.3. The van der Waals surface area contributed by atoms with Gasteiger partial charge in [0, 0.05) is 36.0 Å². The fraction of sp³-hybridized carbons (Fsp3) is 0.0714. The molecule has 8 heteroatoms. The van der Waals surface area contributed by atoms with Gasteiger partial charge in [0.2, 0.25) is 0 Å². The average Bonchev–Trinajstić information content (AvgIpc) is 3.27. The molecule has 0 aliphatic carbocycles. The van der Waals surface area contributed by atoms with Crippen molar-refractivity contribution in [3.8, 4) is 22.6 Å². The number of hydrogen-bond donors (Lipinski definition) is 1. The van der Waals surface area contributed by atoms with Gasteiger partial charge in [-0.3, -0.25) is 9.78 Å². The van der Waals surface area contributed by atoms with Crippen LogP contribution in [0.15, 0.2) is 108 Å². The number of para-hydroxylation sites is 2. The first-order valence-electron chi connectivity index (χ1n) is 11.3. The summed E-state index contributed by atoms with van der Waals surface area (Å²) in [5, 5.41) is 9.92. The van der Waals surface area contributed by atoms with E-state index < -0.39 is 16.0 Å². The lowest BCUT2D eigenvalue weighted by Crippen LogP contribution is -2.13. The second-order valence-corrected chi connectivity index (χ2v) is 9.97. The molecule has 3 aromatic carbocycles. The van der Waals surface area contributed by atoms with E-state index in [0.717, 1.165) is 11.1 Å². The normalized spacial score (nSPS) is 11.4.